The van der Waals surface area contributed by atoms with Crippen molar-refractivity contribution in [2.75, 3.05) is 13.2 Å². The number of aliphatic hydroxyl groups is 1. The molecule has 0 unspecified atom stereocenters. The second-order valence-electron chi connectivity index (χ2n) is 5.37. The van der Waals surface area contributed by atoms with Crippen LogP contribution in [0.1, 0.15) is 20.3 Å². The summed E-state index contributed by atoms with van der Waals surface area (Å²) in [4.78, 5) is 26.6. The summed E-state index contributed by atoms with van der Waals surface area (Å²) >= 11 is 6.26. The number of azide groups is 1. The Hall–Kier alpha value is -1.58. The van der Waals surface area contributed by atoms with Gasteiger partial charge in [0.05, 0.1) is 18.8 Å². The molecule has 10 nitrogen and oxygen atoms in total. The van der Waals surface area contributed by atoms with E-state index in [1.807, 2.05) is 0 Å². The van der Waals surface area contributed by atoms with Gasteiger partial charge in [-0.1, -0.05) is 5.11 Å². The van der Waals surface area contributed by atoms with Gasteiger partial charge in [0.2, 0.25) is 0 Å². The molecule has 2 rings (SSSR count). The molecule has 2 fully saturated rings. The first-order chi connectivity index (χ1) is 10.9. The Morgan fingerprint density at radius 2 is 2.35 bits per heavy atom. The maximum absolute atomic E-state index is 12.2. The predicted molar refractivity (Wildman–Crippen MR) is 78.3 cm³/mol. The number of aliphatic hydroxyl groups excluding tert-OH is 1. The van der Waals surface area contributed by atoms with E-state index in [1.54, 1.807) is 6.92 Å². The zero-order chi connectivity index (χ0) is 17.2. The number of amides is 3. The molecule has 0 bridgehead atoms. The van der Waals surface area contributed by atoms with Crippen molar-refractivity contribution in [3.05, 3.63) is 10.4 Å². The molecule has 2 N–H and O–H groups in total. The Morgan fingerprint density at radius 1 is 1.65 bits per heavy atom. The summed E-state index contributed by atoms with van der Waals surface area (Å²) in [5.41, 5.74) is 8.58. The first-order valence-electron chi connectivity index (χ1n) is 7.11. The summed E-state index contributed by atoms with van der Waals surface area (Å²) in [5.74, 6) is -0.665. The molecule has 3 amide bonds. The molecule has 0 saturated carbocycles. The number of nitrogens with zero attached hydrogens (tertiary/aromatic N) is 4. The molecule has 2 heterocycles. The lowest BCUT2D eigenvalue weighted by molar-refractivity contribution is -0.160. The van der Waals surface area contributed by atoms with Gasteiger partial charge in [-0.05, 0) is 19.4 Å². The monoisotopic (exact) mass is 347 g/mol. The fourth-order valence-electron chi connectivity index (χ4n) is 2.68. The molecule has 5 atom stereocenters. The van der Waals surface area contributed by atoms with Crippen LogP contribution in [-0.2, 0) is 14.3 Å². The van der Waals surface area contributed by atoms with Gasteiger partial charge in [-0.2, -0.15) is 0 Å². The lowest BCUT2D eigenvalue weighted by Crippen LogP contribution is -2.69. The number of halogens is 1. The minimum absolute atomic E-state index is 0.160. The van der Waals surface area contributed by atoms with E-state index in [-0.39, 0.29) is 19.6 Å². The van der Waals surface area contributed by atoms with Crippen LogP contribution >= 0.6 is 11.6 Å². The molecule has 0 spiro atoms. The highest BCUT2D eigenvalue weighted by Gasteiger charge is 2.54. The number of rotatable bonds is 5. The summed E-state index contributed by atoms with van der Waals surface area (Å²) in [5, 5.41) is 15.0. The second kappa shape index (κ2) is 6.90. The number of ether oxygens (including phenoxy) is 2. The Balaban J connectivity index is 2.29. The van der Waals surface area contributed by atoms with Crippen LogP contribution in [-0.4, -0.2) is 64.6 Å². The summed E-state index contributed by atoms with van der Waals surface area (Å²) in [7, 11) is 0. The van der Waals surface area contributed by atoms with E-state index >= 15 is 0 Å². The van der Waals surface area contributed by atoms with Crippen LogP contribution in [0.3, 0.4) is 0 Å². The number of alkyl halides is 1. The van der Waals surface area contributed by atoms with E-state index in [2.05, 4.69) is 15.3 Å². The third-order valence-electron chi connectivity index (χ3n) is 3.83. The smallest absolute Gasteiger partial charge is 0.328 e. The van der Waals surface area contributed by atoms with E-state index < -0.39 is 41.4 Å². The number of imide groups is 1. The number of carbonyl (C=O) groups is 2. The van der Waals surface area contributed by atoms with Gasteiger partial charge < -0.3 is 14.6 Å². The molecular formula is C12H18ClN5O5. The molecule has 0 radical (unpaired) electrons. The van der Waals surface area contributed by atoms with Crippen molar-refractivity contribution >= 4 is 23.5 Å². The quantitative estimate of drug-likeness (QED) is 0.326. The second-order valence-corrected chi connectivity index (χ2v) is 6.15. The van der Waals surface area contributed by atoms with Gasteiger partial charge in [-0.25, -0.2) is 4.79 Å². The molecule has 128 valence electrons. The Kier molecular flexibility index (Phi) is 5.33. The van der Waals surface area contributed by atoms with Gasteiger partial charge in [0.25, 0.3) is 5.91 Å². The Labute approximate surface area is 137 Å². The van der Waals surface area contributed by atoms with E-state index in [1.165, 1.54) is 11.8 Å². The Bertz CT molecular complexity index is 538. The van der Waals surface area contributed by atoms with E-state index in [4.69, 9.17) is 26.6 Å². The third-order valence-corrected chi connectivity index (χ3v) is 4.19. The SMILES string of the molecule is CCO[C@H]1N([C@H]2C[C@H](N=[N+]=[N-])[C@@H](CO)O2)C(=O)NC(=O)[C@@]1(C)Cl. The van der Waals surface area contributed by atoms with Crippen LogP contribution in [0.4, 0.5) is 4.79 Å². The third kappa shape index (κ3) is 3.22. The first-order valence-corrected chi connectivity index (χ1v) is 7.49. The molecule has 0 aromatic heterocycles. The van der Waals surface area contributed by atoms with Crippen molar-refractivity contribution in [2.24, 2.45) is 5.11 Å². The maximum atomic E-state index is 12.2. The largest absolute Gasteiger partial charge is 0.394 e. The molecular weight excluding hydrogens is 330 g/mol. The normalized spacial score (nSPS) is 37.5. The standard InChI is InChI=1S/C12H18ClN5O5/c1-3-22-10-12(2,13)9(20)15-11(21)18(10)8-4-6(16-17-14)7(5-19)23-8/h6-8,10,19H,3-5H2,1-2H3,(H,15,20,21)/t6-,7+,8+,10+,12+/m0/s1. The number of carbonyl (C=O) groups excluding carboxylic acids is 2. The fourth-order valence-corrected chi connectivity index (χ4v) is 2.89. The highest BCUT2D eigenvalue weighted by atomic mass is 35.5. The molecule has 0 aliphatic carbocycles. The molecule has 0 aromatic rings. The van der Waals surface area contributed by atoms with Gasteiger partial charge in [-0.15, -0.1) is 11.6 Å². The highest BCUT2D eigenvalue weighted by molar-refractivity contribution is 6.36. The topological polar surface area (TPSA) is 137 Å². The van der Waals surface area contributed by atoms with E-state index in [9.17, 15) is 14.7 Å². The van der Waals surface area contributed by atoms with E-state index in [0.29, 0.717) is 0 Å². The van der Waals surface area contributed by atoms with Crippen molar-refractivity contribution < 1.29 is 24.2 Å². The lowest BCUT2D eigenvalue weighted by Gasteiger charge is -2.44. The number of hydrogen-bond donors (Lipinski definition) is 2. The van der Waals surface area contributed by atoms with Crippen molar-refractivity contribution in [3.8, 4) is 0 Å². The van der Waals surface area contributed by atoms with Gasteiger partial charge in [0, 0.05) is 17.9 Å². The van der Waals surface area contributed by atoms with Gasteiger partial charge >= 0.3 is 6.03 Å². The van der Waals surface area contributed by atoms with Crippen LogP contribution in [0.2, 0.25) is 0 Å². The summed E-state index contributed by atoms with van der Waals surface area (Å²) in [6, 6.07) is -1.35. The average molecular weight is 348 g/mol. The molecule has 0 aromatic carbocycles. The summed E-state index contributed by atoms with van der Waals surface area (Å²) in [6.07, 6.45) is -2.48. The summed E-state index contributed by atoms with van der Waals surface area (Å²) < 4.78 is 11.1. The minimum atomic E-state index is -1.50. The van der Waals surface area contributed by atoms with Crippen molar-refractivity contribution in [2.45, 2.75) is 49.7 Å². The zero-order valence-corrected chi connectivity index (χ0v) is 13.4. The van der Waals surface area contributed by atoms with Crippen LogP contribution < -0.4 is 5.32 Å². The molecule has 2 aliphatic heterocycles. The average Bonchev–Trinajstić information content (AvgIpc) is 2.88. The first kappa shape index (κ1) is 17.8. The minimum Gasteiger partial charge on any atom is -0.394 e. The fraction of sp³-hybridized carbons (Fsp3) is 0.833. The van der Waals surface area contributed by atoms with Crippen LogP contribution in [0, 0.1) is 0 Å². The summed E-state index contributed by atoms with van der Waals surface area (Å²) in [6.45, 7) is 3.00. The van der Waals surface area contributed by atoms with Crippen LogP contribution in [0.5, 0.6) is 0 Å². The molecule has 11 heteroatoms. The maximum Gasteiger partial charge on any atom is 0.328 e. The number of urea groups is 1. The van der Waals surface area contributed by atoms with Gasteiger partial charge in [-0.3, -0.25) is 15.0 Å². The van der Waals surface area contributed by atoms with Crippen LogP contribution in [0.25, 0.3) is 10.4 Å². The molecule has 2 aliphatic rings. The van der Waals surface area contributed by atoms with Crippen molar-refractivity contribution in [3.63, 3.8) is 0 Å². The van der Waals surface area contributed by atoms with Crippen molar-refractivity contribution in [1.82, 2.24) is 10.2 Å². The lowest BCUT2D eigenvalue weighted by atomic mass is 10.0. The van der Waals surface area contributed by atoms with E-state index in [0.717, 1.165) is 0 Å². The number of hydrogen-bond acceptors (Lipinski definition) is 6. The van der Waals surface area contributed by atoms with Crippen LogP contribution in [0.15, 0.2) is 5.11 Å². The highest BCUT2D eigenvalue weighted by Crippen LogP contribution is 2.35. The molecule has 23 heavy (non-hydrogen) atoms. The van der Waals surface area contributed by atoms with Gasteiger partial charge in [0.15, 0.2) is 11.1 Å². The van der Waals surface area contributed by atoms with Crippen molar-refractivity contribution in [1.29, 1.82) is 0 Å². The zero-order valence-electron chi connectivity index (χ0n) is 12.7. The predicted octanol–water partition coefficient (Wildman–Crippen LogP) is 0.685. The molecule has 2 saturated heterocycles. The van der Waals surface area contributed by atoms with Gasteiger partial charge in [0.1, 0.15) is 6.23 Å². The Morgan fingerprint density at radius 3 is 2.91 bits per heavy atom. The number of nitrogens with one attached hydrogen (secondary N) is 1.